The molecule has 0 unspecified atom stereocenters. The van der Waals surface area contributed by atoms with Crippen molar-refractivity contribution in [3.05, 3.63) is 65.3 Å². The van der Waals surface area contributed by atoms with E-state index >= 15 is 0 Å². The molecule has 0 aliphatic heterocycles. The number of aromatic nitrogens is 4. The van der Waals surface area contributed by atoms with Crippen molar-refractivity contribution in [1.29, 1.82) is 0 Å². The molecule has 1 amide bonds. The van der Waals surface area contributed by atoms with Crippen LogP contribution in [0.5, 0.6) is 11.6 Å². The second kappa shape index (κ2) is 7.01. The van der Waals surface area contributed by atoms with E-state index in [0.29, 0.717) is 28.0 Å². The number of rotatable bonds is 4. The Kier molecular flexibility index (Phi) is 4.62. The first-order chi connectivity index (χ1) is 11.6. The molecule has 0 saturated heterocycles. The SMILES string of the molecule is Cc1cc(C(=O)Nc2ccc(Oc3cccnn3)c(Cl)c2)ncn1. The zero-order valence-electron chi connectivity index (χ0n) is 12.6. The van der Waals surface area contributed by atoms with Crippen molar-refractivity contribution in [2.24, 2.45) is 0 Å². The van der Waals surface area contributed by atoms with Gasteiger partial charge in [-0.2, -0.15) is 5.10 Å². The highest BCUT2D eigenvalue weighted by molar-refractivity contribution is 6.32. The van der Waals surface area contributed by atoms with Crippen molar-refractivity contribution in [2.45, 2.75) is 6.92 Å². The van der Waals surface area contributed by atoms with Crippen molar-refractivity contribution in [3.63, 3.8) is 0 Å². The first-order valence-electron chi connectivity index (χ1n) is 6.97. The van der Waals surface area contributed by atoms with Gasteiger partial charge < -0.3 is 10.1 Å². The number of carbonyl (C=O) groups is 1. The Hall–Kier alpha value is -3.06. The molecule has 120 valence electrons. The minimum atomic E-state index is -0.348. The van der Waals surface area contributed by atoms with Crippen LogP contribution in [0.25, 0.3) is 0 Å². The Morgan fingerprint density at radius 3 is 2.79 bits per heavy atom. The van der Waals surface area contributed by atoms with E-state index in [1.165, 1.54) is 6.33 Å². The molecule has 0 radical (unpaired) electrons. The maximum atomic E-state index is 12.2. The fourth-order valence-electron chi connectivity index (χ4n) is 1.89. The van der Waals surface area contributed by atoms with Gasteiger partial charge in [-0.15, -0.1) is 5.10 Å². The fourth-order valence-corrected chi connectivity index (χ4v) is 2.11. The zero-order valence-corrected chi connectivity index (χ0v) is 13.4. The molecule has 0 aliphatic carbocycles. The normalized spacial score (nSPS) is 10.2. The van der Waals surface area contributed by atoms with E-state index < -0.39 is 0 Å². The first kappa shape index (κ1) is 15.8. The summed E-state index contributed by atoms with van der Waals surface area (Å²) in [4.78, 5) is 20.1. The predicted molar refractivity (Wildman–Crippen MR) is 88.3 cm³/mol. The van der Waals surface area contributed by atoms with E-state index in [2.05, 4.69) is 25.5 Å². The molecule has 2 heterocycles. The monoisotopic (exact) mass is 341 g/mol. The summed E-state index contributed by atoms with van der Waals surface area (Å²) >= 11 is 6.18. The van der Waals surface area contributed by atoms with Crippen molar-refractivity contribution in [2.75, 3.05) is 5.32 Å². The predicted octanol–water partition coefficient (Wildman–Crippen LogP) is 3.27. The standard InChI is InChI=1S/C16H12ClN5O2/c1-10-7-13(19-9-18-10)16(23)21-11-4-5-14(12(17)8-11)24-15-3-2-6-20-22-15/h2-9H,1H3,(H,21,23). The molecule has 0 atom stereocenters. The van der Waals surface area contributed by atoms with Gasteiger partial charge in [-0.25, -0.2) is 9.97 Å². The van der Waals surface area contributed by atoms with E-state index in [4.69, 9.17) is 16.3 Å². The average molecular weight is 342 g/mol. The van der Waals surface area contributed by atoms with Gasteiger partial charge in [0.05, 0.1) is 5.02 Å². The third-order valence-corrected chi connectivity index (χ3v) is 3.28. The lowest BCUT2D eigenvalue weighted by molar-refractivity contribution is 0.102. The lowest BCUT2D eigenvalue weighted by Crippen LogP contribution is -2.14. The highest BCUT2D eigenvalue weighted by atomic mass is 35.5. The molecule has 0 saturated carbocycles. The number of hydrogen-bond donors (Lipinski definition) is 1. The Morgan fingerprint density at radius 2 is 2.08 bits per heavy atom. The van der Waals surface area contributed by atoms with E-state index in [0.717, 1.165) is 0 Å². The molecule has 2 aromatic heterocycles. The summed E-state index contributed by atoms with van der Waals surface area (Å²) in [6, 6.07) is 9.86. The Balaban J connectivity index is 1.74. The van der Waals surface area contributed by atoms with Gasteiger partial charge in [-0.1, -0.05) is 11.6 Å². The van der Waals surface area contributed by atoms with E-state index in [9.17, 15) is 4.79 Å². The second-order valence-corrected chi connectivity index (χ2v) is 5.22. The van der Waals surface area contributed by atoms with Crippen LogP contribution in [-0.2, 0) is 0 Å². The maximum Gasteiger partial charge on any atom is 0.274 e. The average Bonchev–Trinajstić information content (AvgIpc) is 2.58. The molecule has 8 heteroatoms. The number of carbonyl (C=O) groups excluding carboxylic acids is 1. The topological polar surface area (TPSA) is 89.9 Å². The molecule has 0 spiro atoms. The lowest BCUT2D eigenvalue weighted by atomic mass is 10.2. The van der Waals surface area contributed by atoms with Crippen molar-refractivity contribution in [1.82, 2.24) is 20.2 Å². The van der Waals surface area contributed by atoms with Gasteiger partial charge >= 0.3 is 0 Å². The summed E-state index contributed by atoms with van der Waals surface area (Å²) in [5.74, 6) is 0.389. The van der Waals surface area contributed by atoms with E-state index in [-0.39, 0.29) is 11.6 Å². The van der Waals surface area contributed by atoms with Crippen LogP contribution in [0.15, 0.2) is 48.9 Å². The molecule has 24 heavy (non-hydrogen) atoms. The molecule has 7 nitrogen and oxygen atoms in total. The van der Waals surface area contributed by atoms with Crippen LogP contribution in [0.3, 0.4) is 0 Å². The molecular formula is C16H12ClN5O2. The number of nitrogens with one attached hydrogen (secondary N) is 1. The maximum absolute atomic E-state index is 12.2. The van der Waals surface area contributed by atoms with Gasteiger partial charge in [-0.05, 0) is 37.3 Å². The van der Waals surface area contributed by atoms with Crippen molar-refractivity contribution >= 4 is 23.2 Å². The van der Waals surface area contributed by atoms with Gasteiger partial charge in [0.2, 0.25) is 5.88 Å². The van der Waals surface area contributed by atoms with Crippen LogP contribution in [0.1, 0.15) is 16.2 Å². The summed E-state index contributed by atoms with van der Waals surface area (Å²) in [6.45, 7) is 1.79. The number of benzene rings is 1. The number of halogens is 1. The van der Waals surface area contributed by atoms with Crippen LogP contribution in [0.2, 0.25) is 5.02 Å². The largest absolute Gasteiger partial charge is 0.436 e. The number of aryl methyl sites for hydroxylation is 1. The summed E-state index contributed by atoms with van der Waals surface area (Å²) < 4.78 is 5.53. The van der Waals surface area contributed by atoms with Crippen LogP contribution in [0.4, 0.5) is 5.69 Å². The van der Waals surface area contributed by atoms with Crippen LogP contribution >= 0.6 is 11.6 Å². The molecule has 1 N–H and O–H groups in total. The zero-order chi connectivity index (χ0) is 16.9. The summed E-state index contributed by atoms with van der Waals surface area (Å²) in [7, 11) is 0. The minimum absolute atomic E-state index is 0.276. The highest BCUT2D eigenvalue weighted by Gasteiger charge is 2.10. The number of amides is 1. The third-order valence-electron chi connectivity index (χ3n) is 2.99. The number of hydrogen-bond acceptors (Lipinski definition) is 6. The molecule has 1 aromatic carbocycles. The van der Waals surface area contributed by atoms with Crippen LogP contribution in [0, 0.1) is 6.92 Å². The number of ether oxygens (including phenoxy) is 1. The highest BCUT2D eigenvalue weighted by Crippen LogP contribution is 2.30. The van der Waals surface area contributed by atoms with Crippen LogP contribution < -0.4 is 10.1 Å². The fraction of sp³-hybridized carbons (Fsp3) is 0.0625. The molecule has 0 aliphatic rings. The summed E-state index contributed by atoms with van der Waals surface area (Å²) in [5.41, 5.74) is 1.51. The summed E-state index contributed by atoms with van der Waals surface area (Å²) in [5, 5.41) is 10.6. The molecule has 0 fully saturated rings. The smallest absolute Gasteiger partial charge is 0.274 e. The Labute approximate surface area is 142 Å². The second-order valence-electron chi connectivity index (χ2n) is 4.81. The Morgan fingerprint density at radius 1 is 1.21 bits per heavy atom. The van der Waals surface area contributed by atoms with Gasteiger partial charge in [0.25, 0.3) is 5.91 Å². The van der Waals surface area contributed by atoms with Crippen molar-refractivity contribution in [3.8, 4) is 11.6 Å². The van der Waals surface area contributed by atoms with Crippen LogP contribution in [-0.4, -0.2) is 26.1 Å². The molecule has 3 aromatic rings. The lowest BCUT2D eigenvalue weighted by Gasteiger charge is -2.09. The van der Waals surface area contributed by atoms with Gasteiger partial charge in [-0.3, -0.25) is 4.79 Å². The van der Waals surface area contributed by atoms with Crippen molar-refractivity contribution < 1.29 is 9.53 Å². The van der Waals surface area contributed by atoms with Gasteiger partial charge in [0.1, 0.15) is 17.8 Å². The molecular weight excluding hydrogens is 330 g/mol. The van der Waals surface area contributed by atoms with Gasteiger partial charge in [0, 0.05) is 23.6 Å². The Bertz CT molecular complexity index is 873. The summed E-state index contributed by atoms with van der Waals surface area (Å²) in [6.07, 6.45) is 2.89. The minimum Gasteiger partial charge on any atom is -0.436 e. The van der Waals surface area contributed by atoms with E-state index in [1.807, 2.05) is 0 Å². The third kappa shape index (κ3) is 3.82. The molecule has 0 bridgehead atoms. The van der Waals surface area contributed by atoms with Gasteiger partial charge in [0.15, 0.2) is 0 Å². The number of anilines is 1. The first-order valence-corrected chi connectivity index (χ1v) is 7.35. The molecule has 3 rings (SSSR count). The quantitative estimate of drug-likeness (QED) is 0.783. The number of nitrogens with zero attached hydrogens (tertiary/aromatic N) is 4. The van der Waals surface area contributed by atoms with E-state index in [1.54, 1.807) is 49.5 Å².